The third-order valence-electron chi connectivity index (χ3n) is 1.07. The van der Waals surface area contributed by atoms with Crippen LogP contribution in [0.3, 0.4) is 0 Å². The molecule has 0 rings (SSSR count). The first-order valence-corrected chi connectivity index (χ1v) is 5.51. The van der Waals surface area contributed by atoms with E-state index >= 15 is 0 Å². The smallest absolute Gasteiger partial charge is 0.451 e. The summed E-state index contributed by atoms with van der Waals surface area (Å²) in [6.07, 6.45) is 1.11. The second-order valence-electron chi connectivity index (χ2n) is 2.37. The summed E-state index contributed by atoms with van der Waals surface area (Å²) in [7, 11) is -4.16. The van der Waals surface area contributed by atoms with Gasteiger partial charge in [-0.05, 0) is 12.8 Å². The van der Waals surface area contributed by atoms with E-state index < -0.39 is 15.4 Å². The molecule has 6 heteroatoms. The van der Waals surface area contributed by atoms with Gasteiger partial charge in [0.05, 0.1) is 13.2 Å². The normalized spacial score (nSPS) is 11.2. The molecule has 0 aromatic rings. The van der Waals surface area contributed by atoms with Crippen molar-refractivity contribution >= 4 is 15.4 Å². The maximum Gasteiger partial charge on any atom is 0.451 e. The lowest BCUT2D eigenvalue weighted by Crippen LogP contribution is -2.19. The summed E-state index contributed by atoms with van der Waals surface area (Å²) in [5, 5.41) is -1.30. The van der Waals surface area contributed by atoms with Crippen molar-refractivity contribution in [2.24, 2.45) is 0 Å². The first-order chi connectivity index (χ1) is 6.04. The Bertz CT molecular complexity index is 244. The summed E-state index contributed by atoms with van der Waals surface area (Å²) < 4.78 is 30.5. The minimum absolute atomic E-state index is 0.00353. The molecular weight excluding hydrogens is 196 g/mol. The lowest BCUT2D eigenvalue weighted by atomic mass is 10.5. The molecule has 0 aliphatic heterocycles. The third kappa shape index (κ3) is 4.84. The number of rotatable bonds is 5. The Hall–Kier alpha value is -0.620. The number of carbonyl (C=O) groups is 1. The molecule has 0 fully saturated rings. The number of ether oxygens (including phenoxy) is 1. The Kier molecular flexibility index (Phi) is 5.65. The third-order valence-corrected chi connectivity index (χ3v) is 2.07. The molecule has 0 amide bonds. The summed E-state index contributed by atoms with van der Waals surface area (Å²) in [6, 6.07) is 0. The molecule has 0 atom stereocenters. The fourth-order valence-electron chi connectivity index (χ4n) is 0.499. The largest absolute Gasteiger partial charge is 0.452 e. The van der Waals surface area contributed by atoms with Gasteiger partial charge in [0.1, 0.15) is 0 Å². The first-order valence-electron chi connectivity index (χ1n) is 4.10. The van der Waals surface area contributed by atoms with E-state index in [4.69, 9.17) is 0 Å². The molecule has 0 unspecified atom stereocenters. The Morgan fingerprint density at radius 2 is 1.69 bits per heavy atom. The van der Waals surface area contributed by atoms with Crippen LogP contribution in [0.2, 0.25) is 0 Å². The molecule has 0 saturated carbocycles. The van der Waals surface area contributed by atoms with Crippen LogP contribution in [-0.2, 0) is 19.0 Å². The van der Waals surface area contributed by atoms with Crippen molar-refractivity contribution in [3.05, 3.63) is 0 Å². The van der Waals surface area contributed by atoms with Crippen molar-refractivity contribution < 1.29 is 22.1 Å². The van der Waals surface area contributed by atoms with Crippen LogP contribution >= 0.6 is 0 Å². The van der Waals surface area contributed by atoms with Gasteiger partial charge in [0.25, 0.3) is 0 Å². The lowest BCUT2D eigenvalue weighted by Gasteiger charge is -2.03. The molecule has 13 heavy (non-hydrogen) atoms. The van der Waals surface area contributed by atoms with Crippen LogP contribution in [0.25, 0.3) is 0 Å². The van der Waals surface area contributed by atoms with Crippen LogP contribution in [0.1, 0.15) is 26.7 Å². The van der Waals surface area contributed by atoms with Gasteiger partial charge >= 0.3 is 15.4 Å². The van der Waals surface area contributed by atoms with E-state index in [1.165, 1.54) is 0 Å². The van der Waals surface area contributed by atoms with Crippen molar-refractivity contribution in [3.8, 4) is 0 Å². The van der Waals surface area contributed by atoms with Gasteiger partial charge in [-0.25, -0.2) is 4.79 Å². The molecule has 5 nitrogen and oxygen atoms in total. The molecule has 0 aliphatic carbocycles. The monoisotopic (exact) mass is 210 g/mol. The predicted octanol–water partition coefficient (Wildman–Crippen LogP) is 1.29. The Morgan fingerprint density at radius 1 is 1.15 bits per heavy atom. The molecule has 0 aromatic heterocycles. The van der Waals surface area contributed by atoms with Crippen molar-refractivity contribution in [1.29, 1.82) is 0 Å². The number of hydrogen-bond donors (Lipinski definition) is 0. The highest BCUT2D eigenvalue weighted by Crippen LogP contribution is 2.00. The van der Waals surface area contributed by atoms with Gasteiger partial charge in [0.15, 0.2) is 0 Å². The van der Waals surface area contributed by atoms with Gasteiger partial charge < -0.3 is 4.74 Å². The van der Waals surface area contributed by atoms with E-state index in [2.05, 4.69) is 8.92 Å². The molecule has 0 aliphatic rings. The zero-order chi connectivity index (χ0) is 10.3. The van der Waals surface area contributed by atoms with Crippen molar-refractivity contribution in [2.45, 2.75) is 26.7 Å². The van der Waals surface area contributed by atoms with Crippen molar-refractivity contribution in [2.75, 3.05) is 13.2 Å². The van der Waals surface area contributed by atoms with Gasteiger partial charge in [-0.15, -0.1) is 0 Å². The van der Waals surface area contributed by atoms with E-state index in [0.717, 1.165) is 0 Å². The first kappa shape index (κ1) is 12.4. The lowest BCUT2D eigenvalue weighted by molar-refractivity contribution is 0.166. The number of carbonyl (C=O) groups excluding carboxylic acids is 1. The Labute approximate surface area is 78.2 Å². The molecule has 0 spiro atoms. The van der Waals surface area contributed by atoms with E-state index in [9.17, 15) is 13.2 Å². The van der Waals surface area contributed by atoms with Crippen LogP contribution in [0.4, 0.5) is 4.79 Å². The topological polar surface area (TPSA) is 69.7 Å². The summed E-state index contributed by atoms with van der Waals surface area (Å²) in [5.41, 5.74) is 0. The average molecular weight is 210 g/mol. The zero-order valence-electron chi connectivity index (χ0n) is 7.78. The summed E-state index contributed by atoms with van der Waals surface area (Å²) in [5.74, 6) is 0. The predicted molar refractivity (Wildman–Crippen MR) is 46.8 cm³/mol. The molecular formula is C7H14O5S. The fraction of sp³-hybridized carbons (Fsp3) is 0.857. The van der Waals surface area contributed by atoms with E-state index in [-0.39, 0.29) is 13.2 Å². The minimum Gasteiger partial charge on any atom is -0.452 e. The van der Waals surface area contributed by atoms with Crippen LogP contribution < -0.4 is 0 Å². The number of hydrogen-bond acceptors (Lipinski definition) is 5. The molecule has 0 aromatic carbocycles. The van der Waals surface area contributed by atoms with Crippen LogP contribution in [0.15, 0.2) is 0 Å². The quantitative estimate of drug-likeness (QED) is 0.505. The summed E-state index contributed by atoms with van der Waals surface area (Å²) in [4.78, 5) is 10.8. The standard InChI is InChI=1S/C7H14O5S/c1-3-5-11-7(8)13(9,10)12-6-4-2/h3-6H2,1-2H3. The Balaban J connectivity index is 4.05. The van der Waals surface area contributed by atoms with Crippen LogP contribution in [0.5, 0.6) is 0 Å². The Morgan fingerprint density at radius 3 is 2.15 bits per heavy atom. The molecule has 0 N–H and O–H groups in total. The molecule has 0 heterocycles. The highest BCUT2D eigenvalue weighted by atomic mass is 32.2. The fourth-order valence-corrected chi connectivity index (χ4v) is 1.21. The second-order valence-corrected chi connectivity index (χ2v) is 3.85. The van der Waals surface area contributed by atoms with E-state index in [0.29, 0.717) is 12.8 Å². The molecule has 78 valence electrons. The highest BCUT2D eigenvalue weighted by Gasteiger charge is 2.24. The zero-order valence-corrected chi connectivity index (χ0v) is 8.59. The summed E-state index contributed by atoms with van der Waals surface area (Å²) in [6.45, 7) is 3.61. The molecule has 0 radical (unpaired) electrons. The van der Waals surface area contributed by atoms with E-state index in [1.54, 1.807) is 13.8 Å². The minimum atomic E-state index is -4.16. The van der Waals surface area contributed by atoms with Gasteiger partial charge in [0.2, 0.25) is 0 Å². The van der Waals surface area contributed by atoms with Gasteiger partial charge in [-0.1, -0.05) is 13.8 Å². The average Bonchev–Trinajstić information content (AvgIpc) is 2.10. The molecule has 0 saturated heterocycles. The van der Waals surface area contributed by atoms with Crippen molar-refractivity contribution in [1.82, 2.24) is 0 Å². The van der Waals surface area contributed by atoms with Crippen LogP contribution in [0, 0.1) is 0 Å². The second kappa shape index (κ2) is 5.93. The maximum absolute atomic E-state index is 10.9. The SMILES string of the molecule is CCCOC(=O)S(=O)(=O)OCCC. The van der Waals surface area contributed by atoms with Crippen LogP contribution in [-0.4, -0.2) is 26.9 Å². The molecule has 0 bridgehead atoms. The maximum atomic E-state index is 10.9. The van der Waals surface area contributed by atoms with Gasteiger partial charge in [-0.3, -0.25) is 4.18 Å². The van der Waals surface area contributed by atoms with Crippen molar-refractivity contribution in [3.63, 3.8) is 0 Å². The summed E-state index contributed by atoms with van der Waals surface area (Å²) >= 11 is 0. The van der Waals surface area contributed by atoms with Gasteiger partial charge in [0, 0.05) is 0 Å². The highest BCUT2D eigenvalue weighted by molar-refractivity contribution is 8.01. The van der Waals surface area contributed by atoms with Gasteiger partial charge in [-0.2, -0.15) is 8.42 Å². The van der Waals surface area contributed by atoms with E-state index in [1.807, 2.05) is 0 Å².